The van der Waals surface area contributed by atoms with E-state index < -0.39 is 0 Å². The van der Waals surface area contributed by atoms with Crippen LogP contribution >= 0.6 is 12.4 Å². The molecule has 2 rings (SSSR count). The molecule has 90 valence electrons. The van der Waals surface area contributed by atoms with Gasteiger partial charge in [0.1, 0.15) is 5.82 Å². The van der Waals surface area contributed by atoms with Crippen molar-refractivity contribution in [3.05, 3.63) is 35.6 Å². The molecule has 1 aromatic carbocycles. The number of nitrogens with zero attached hydrogens (tertiary/aromatic N) is 1. The van der Waals surface area contributed by atoms with Crippen LogP contribution in [0.1, 0.15) is 12.5 Å². The normalized spacial score (nSPS) is 21.5. The summed E-state index contributed by atoms with van der Waals surface area (Å²) in [4.78, 5) is 2.42. The van der Waals surface area contributed by atoms with Crippen LogP contribution in [0.3, 0.4) is 0 Å². The van der Waals surface area contributed by atoms with Gasteiger partial charge in [-0.2, -0.15) is 0 Å². The van der Waals surface area contributed by atoms with Gasteiger partial charge in [-0.15, -0.1) is 12.4 Å². The van der Waals surface area contributed by atoms with Crippen LogP contribution in [0.15, 0.2) is 24.3 Å². The minimum atomic E-state index is -0.160. The molecule has 1 saturated heterocycles. The zero-order valence-corrected chi connectivity index (χ0v) is 10.3. The summed E-state index contributed by atoms with van der Waals surface area (Å²) in [5.74, 6) is -0.160. The zero-order chi connectivity index (χ0) is 10.7. The third-order valence-electron chi connectivity index (χ3n) is 2.94. The van der Waals surface area contributed by atoms with Crippen molar-refractivity contribution in [3.8, 4) is 0 Å². The number of rotatable bonds is 2. The third kappa shape index (κ3) is 3.44. The highest BCUT2D eigenvalue weighted by molar-refractivity contribution is 5.85. The standard InChI is InChI=1S/C12H17FN2.ClH/c1-10-8-14-6-7-15(10)9-11-2-4-12(13)5-3-11;/h2-5,10,14H,6-9H2,1H3;1H/t10-;/m0./s1. The van der Waals surface area contributed by atoms with E-state index in [0.717, 1.165) is 26.2 Å². The van der Waals surface area contributed by atoms with Crippen LogP contribution in [-0.2, 0) is 6.54 Å². The van der Waals surface area contributed by atoms with E-state index in [4.69, 9.17) is 0 Å². The monoisotopic (exact) mass is 244 g/mol. The number of benzene rings is 1. The molecule has 16 heavy (non-hydrogen) atoms. The number of piperazine rings is 1. The third-order valence-corrected chi connectivity index (χ3v) is 2.94. The fourth-order valence-electron chi connectivity index (χ4n) is 1.94. The summed E-state index contributed by atoms with van der Waals surface area (Å²) in [7, 11) is 0. The summed E-state index contributed by atoms with van der Waals surface area (Å²) in [5, 5.41) is 3.36. The van der Waals surface area contributed by atoms with Crippen LogP contribution in [0.4, 0.5) is 4.39 Å². The van der Waals surface area contributed by atoms with E-state index in [9.17, 15) is 4.39 Å². The maximum absolute atomic E-state index is 12.7. The predicted octanol–water partition coefficient (Wildman–Crippen LogP) is 2.04. The largest absolute Gasteiger partial charge is 0.314 e. The molecule has 1 fully saturated rings. The molecule has 1 aliphatic rings. The molecular formula is C12H18ClFN2. The molecule has 1 N–H and O–H groups in total. The molecular weight excluding hydrogens is 227 g/mol. The summed E-state index contributed by atoms with van der Waals surface area (Å²) in [6.07, 6.45) is 0. The first-order valence-corrected chi connectivity index (χ1v) is 5.45. The maximum Gasteiger partial charge on any atom is 0.123 e. The number of hydrogen-bond donors (Lipinski definition) is 1. The highest BCUT2D eigenvalue weighted by atomic mass is 35.5. The Labute approximate surface area is 102 Å². The number of halogens is 2. The van der Waals surface area contributed by atoms with Crippen LogP contribution in [-0.4, -0.2) is 30.6 Å². The van der Waals surface area contributed by atoms with Gasteiger partial charge in [-0.3, -0.25) is 4.90 Å². The Bertz CT molecular complexity index is 315. The Morgan fingerprint density at radius 3 is 2.69 bits per heavy atom. The average Bonchev–Trinajstić information content (AvgIpc) is 2.25. The molecule has 2 nitrogen and oxygen atoms in total. The van der Waals surface area contributed by atoms with Crippen molar-refractivity contribution in [3.63, 3.8) is 0 Å². The van der Waals surface area contributed by atoms with Crippen molar-refractivity contribution >= 4 is 12.4 Å². The predicted molar refractivity (Wildman–Crippen MR) is 66.4 cm³/mol. The van der Waals surface area contributed by atoms with E-state index in [1.807, 2.05) is 12.1 Å². The van der Waals surface area contributed by atoms with Gasteiger partial charge in [0.15, 0.2) is 0 Å². The van der Waals surface area contributed by atoms with E-state index >= 15 is 0 Å². The highest BCUT2D eigenvalue weighted by Gasteiger charge is 2.17. The molecule has 0 bridgehead atoms. The Morgan fingerprint density at radius 2 is 2.06 bits per heavy atom. The highest BCUT2D eigenvalue weighted by Crippen LogP contribution is 2.10. The van der Waals surface area contributed by atoms with Crippen molar-refractivity contribution < 1.29 is 4.39 Å². The van der Waals surface area contributed by atoms with E-state index in [0.29, 0.717) is 6.04 Å². The Kier molecular flexibility index (Phi) is 5.19. The molecule has 0 saturated carbocycles. The van der Waals surface area contributed by atoms with Gasteiger partial charge in [0.05, 0.1) is 0 Å². The van der Waals surface area contributed by atoms with E-state index in [1.54, 1.807) is 0 Å². The average molecular weight is 245 g/mol. The minimum absolute atomic E-state index is 0. The summed E-state index contributed by atoms with van der Waals surface area (Å²) in [5.41, 5.74) is 1.19. The van der Waals surface area contributed by atoms with E-state index in [-0.39, 0.29) is 18.2 Å². The van der Waals surface area contributed by atoms with Gasteiger partial charge < -0.3 is 5.32 Å². The lowest BCUT2D eigenvalue weighted by atomic mass is 10.1. The second-order valence-corrected chi connectivity index (χ2v) is 4.15. The summed E-state index contributed by atoms with van der Waals surface area (Å²) >= 11 is 0. The molecule has 0 amide bonds. The fourth-order valence-corrected chi connectivity index (χ4v) is 1.94. The summed E-state index contributed by atoms with van der Waals surface area (Å²) < 4.78 is 12.7. The summed E-state index contributed by atoms with van der Waals surface area (Å²) in [6, 6.07) is 7.35. The molecule has 1 atom stereocenters. The molecule has 1 aliphatic heterocycles. The smallest absolute Gasteiger partial charge is 0.123 e. The van der Waals surface area contributed by atoms with E-state index in [2.05, 4.69) is 17.1 Å². The molecule has 4 heteroatoms. The minimum Gasteiger partial charge on any atom is -0.314 e. The van der Waals surface area contributed by atoms with Gasteiger partial charge in [0.2, 0.25) is 0 Å². The van der Waals surface area contributed by atoms with Crippen LogP contribution in [0.25, 0.3) is 0 Å². The van der Waals surface area contributed by atoms with Gasteiger partial charge in [0.25, 0.3) is 0 Å². The molecule has 1 heterocycles. The first kappa shape index (κ1) is 13.4. The Balaban J connectivity index is 0.00000128. The lowest BCUT2D eigenvalue weighted by Crippen LogP contribution is -2.49. The van der Waals surface area contributed by atoms with Gasteiger partial charge in [0, 0.05) is 32.2 Å². The van der Waals surface area contributed by atoms with E-state index in [1.165, 1.54) is 17.7 Å². The SMILES string of the molecule is C[C@H]1CNCCN1Cc1ccc(F)cc1.Cl. The van der Waals surface area contributed by atoms with Crippen LogP contribution in [0.5, 0.6) is 0 Å². The zero-order valence-electron chi connectivity index (χ0n) is 9.45. The lowest BCUT2D eigenvalue weighted by molar-refractivity contribution is 0.165. The first-order valence-electron chi connectivity index (χ1n) is 5.45. The fraction of sp³-hybridized carbons (Fsp3) is 0.500. The molecule has 1 aromatic rings. The van der Waals surface area contributed by atoms with Crippen molar-refractivity contribution in [2.75, 3.05) is 19.6 Å². The second kappa shape index (κ2) is 6.18. The molecule has 0 radical (unpaired) electrons. The van der Waals surface area contributed by atoms with Crippen molar-refractivity contribution in [2.24, 2.45) is 0 Å². The molecule has 0 aromatic heterocycles. The van der Waals surface area contributed by atoms with Gasteiger partial charge in [-0.05, 0) is 24.6 Å². The van der Waals surface area contributed by atoms with Crippen molar-refractivity contribution in [2.45, 2.75) is 19.5 Å². The van der Waals surface area contributed by atoms with Gasteiger partial charge >= 0.3 is 0 Å². The van der Waals surface area contributed by atoms with Crippen molar-refractivity contribution in [1.82, 2.24) is 10.2 Å². The van der Waals surface area contributed by atoms with Gasteiger partial charge in [-0.25, -0.2) is 4.39 Å². The van der Waals surface area contributed by atoms with Crippen LogP contribution in [0, 0.1) is 5.82 Å². The Hall–Kier alpha value is -0.640. The lowest BCUT2D eigenvalue weighted by Gasteiger charge is -2.33. The van der Waals surface area contributed by atoms with Gasteiger partial charge in [-0.1, -0.05) is 12.1 Å². The number of hydrogen-bond acceptors (Lipinski definition) is 2. The quantitative estimate of drug-likeness (QED) is 0.857. The molecule has 0 aliphatic carbocycles. The van der Waals surface area contributed by atoms with Crippen molar-refractivity contribution in [1.29, 1.82) is 0 Å². The second-order valence-electron chi connectivity index (χ2n) is 4.15. The summed E-state index contributed by atoms with van der Waals surface area (Å²) in [6.45, 7) is 6.30. The molecule has 0 spiro atoms. The topological polar surface area (TPSA) is 15.3 Å². The van der Waals surface area contributed by atoms with Crippen LogP contribution < -0.4 is 5.32 Å². The molecule has 0 unspecified atom stereocenters. The first-order chi connectivity index (χ1) is 7.25. The number of nitrogens with one attached hydrogen (secondary N) is 1. The maximum atomic E-state index is 12.7. The Morgan fingerprint density at radius 1 is 1.38 bits per heavy atom. The van der Waals surface area contributed by atoms with Crippen LogP contribution in [0.2, 0.25) is 0 Å².